The number of H-pyrrole nitrogens is 1. The second-order valence-electron chi connectivity index (χ2n) is 6.46. The van der Waals surface area contributed by atoms with Gasteiger partial charge in [0.15, 0.2) is 0 Å². The number of aromatic nitrogens is 2. The number of piperazine rings is 1. The fourth-order valence-electron chi connectivity index (χ4n) is 3.29. The van der Waals surface area contributed by atoms with E-state index >= 15 is 0 Å². The number of para-hydroxylation sites is 1. The molecule has 6 heteroatoms. The van der Waals surface area contributed by atoms with Gasteiger partial charge < -0.3 is 9.88 Å². The molecule has 0 atom stereocenters. The Balaban J connectivity index is 1.41. The molecule has 1 aliphatic heterocycles. The summed E-state index contributed by atoms with van der Waals surface area (Å²) in [6.07, 6.45) is 0. The number of aromatic amines is 1. The molecular formula is C20H20N4O2. The molecule has 0 bridgehead atoms. The van der Waals surface area contributed by atoms with Crippen molar-refractivity contribution >= 4 is 16.8 Å². The molecule has 2 aromatic carbocycles. The number of amides is 1. The Morgan fingerprint density at radius 1 is 0.962 bits per heavy atom. The molecule has 0 saturated carbocycles. The zero-order valence-corrected chi connectivity index (χ0v) is 14.4. The maximum atomic E-state index is 12.5. The second kappa shape index (κ2) is 7.09. The van der Waals surface area contributed by atoms with E-state index in [4.69, 9.17) is 0 Å². The third-order valence-electron chi connectivity index (χ3n) is 4.72. The summed E-state index contributed by atoms with van der Waals surface area (Å²) >= 11 is 0. The van der Waals surface area contributed by atoms with Crippen molar-refractivity contribution in [2.45, 2.75) is 6.54 Å². The third-order valence-corrected chi connectivity index (χ3v) is 4.72. The Morgan fingerprint density at radius 2 is 1.65 bits per heavy atom. The Hall–Kier alpha value is -2.99. The highest BCUT2D eigenvalue weighted by Gasteiger charge is 2.22. The van der Waals surface area contributed by atoms with Gasteiger partial charge in [-0.15, -0.1) is 0 Å². The number of rotatable bonds is 3. The molecule has 0 radical (unpaired) electrons. The minimum Gasteiger partial charge on any atom is -0.336 e. The fraction of sp³-hybridized carbons (Fsp3) is 0.250. The van der Waals surface area contributed by atoms with Crippen LogP contribution in [0.15, 0.2) is 59.4 Å². The van der Waals surface area contributed by atoms with E-state index in [1.54, 1.807) is 6.07 Å². The molecule has 2 heterocycles. The molecule has 132 valence electrons. The standard InChI is InChI=1S/C20H20N4O2/c25-19-16-8-4-5-9-17(16)21-18(22-19)14-23-10-12-24(13-11-23)20(26)15-6-2-1-3-7-15/h1-9H,10-14H2,(H,21,22,25). The largest absolute Gasteiger partial charge is 0.336 e. The van der Waals surface area contributed by atoms with Crippen molar-refractivity contribution in [1.29, 1.82) is 0 Å². The summed E-state index contributed by atoms with van der Waals surface area (Å²) in [5.74, 6) is 0.735. The molecule has 6 nitrogen and oxygen atoms in total. The molecule has 1 N–H and O–H groups in total. The zero-order valence-electron chi connectivity index (χ0n) is 14.4. The molecule has 1 saturated heterocycles. The zero-order chi connectivity index (χ0) is 17.9. The lowest BCUT2D eigenvalue weighted by Crippen LogP contribution is -2.48. The summed E-state index contributed by atoms with van der Waals surface area (Å²) in [6, 6.07) is 16.7. The summed E-state index contributed by atoms with van der Waals surface area (Å²) in [6.45, 7) is 3.44. The summed E-state index contributed by atoms with van der Waals surface area (Å²) < 4.78 is 0. The Kier molecular flexibility index (Phi) is 4.50. The van der Waals surface area contributed by atoms with Gasteiger partial charge in [0.2, 0.25) is 0 Å². The van der Waals surface area contributed by atoms with Crippen LogP contribution >= 0.6 is 0 Å². The van der Waals surface area contributed by atoms with Crippen molar-refractivity contribution in [2.24, 2.45) is 0 Å². The van der Waals surface area contributed by atoms with Crippen LogP contribution in [-0.2, 0) is 6.54 Å². The number of nitrogens with one attached hydrogen (secondary N) is 1. The van der Waals surface area contributed by atoms with Gasteiger partial charge in [-0.25, -0.2) is 4.98 Å². The maximum absolute atomic E-state index is 12.5. The van der Waals surface area contributed by atoms with Gasteiger partial charge in [-0.2, -0.15) is 0 Å². The molecule has 4 rings (SSSR count). The molecule has 1 aliphatic rings. The fourth-order valence-corrected chi connectivity index (χ4v) is 3.29. The van der Waals surface area contributed by atoms with Crippen molar-refractivity contribution in [1.82, 2.24) is 19.8 Å². The van der Waals surface area contributed by atoms with Crippen molar-refractivity contribution in [2.75, 3.05) is 26.2 Å². The van der Waals surface area contributed by atoms with E-state index < -0.39 is 0 Å². The highest BCUT2D eigenvalue weighted by Crippen LogP contribution is 2.11. The number of nitrogens with zero attached hydrogens (tertiary/aromatic N) is 3. The monoisotopic (exact) mass is 348 g/mol. The van der Waals surface area contributed by atoms with Crippen LogP contribution in [0.25, 0.3) is 10.9 Å². The Labute approximate surface area is 151 Å². The first kappa shape index (κ1) is 16.5. The highest BCUT2D eigenvalue weighted by molar-refractivity contribution is 5.94. The second-order valence-corrected chi connectivity index (χ2v) is 6.46. The first-order valence-electron chi connectivity index (χ1n) is 8.75. The average Bonchev–Trinajstić information content (AvgIpc) is 2.69. The van der Waals surface area contributed by atoms with Gasteiger partial charge in [0, 0.05) is 31.7 Å². The van der Waals surface area contributed by atoms with Crippen LogP contribution in [0.3, 0.4) is 0 Å². The molecule has 26 heavy (non-hydrogen) atoms. The van der Waals surface area contributed by atoms with Crippen LogP contribution in [-0.4, -0.2) is 51.9 Å². The van der Waals surface area contributed by atoms with Gasteiger partial charge in [-0.1, -0.05) is 30.3 Å². The molecule has 1 aromatic heterocycles. The molecule has 1 amide bonds. The van der Waals surface area contributed by atoms with Gasteiger partial charge in [0.25, 0.3) is 11.5 Å². The Morgan fingerprint density at radius 3 is 2.42 bits per heavy atom. The van der Waals surface area contributed by atoms with Crippen molar-refractivity contribution < 1.29 is 4.79 Å². The van der Waals surface area contributed by atoms with Gasteiger partial charge in [0.1, 0.15) is 5.82 Å². The average molecular weight is 348 g/mol. The van der Waals surface area contributed by atoms with E-state index in [9.17, 15) is 9.59 Å². The SMILES string of the molecule is O=C(c1ccccc1)N1CCN(Cc2nc3ccccc3c(=O)[nH]2)CC1. The normalized spacial score (nSPS) is 15.3. The topological polar surface area (TPSA) is 69.3 Å². The minimum absolute atomic E-state index is 0.0717. The van der Waals surface area contributed by atoms with E-state index in [-0.39, 0.29) is 11.5 Å². The predicted octanol–water partition coefficient (Wildman–Crippen LogP) is 1.88. The summed E-state index contributed by atoms with van der Waals surface area (Å²) in [5.41, 5.74) is 1.33. The van der Waals surface area contributed by atoms with Crippen molar-refractivity contribution in [3.8, 4) is 0 Å². The van der Waals surface area contributed by atoms with Gasteiger partial charge in [-0.3, -0.25) is 14.5 Å². The molecule has 3 aromatic rings. The maximum Gasteiger partial charge on any atom is 0.258 e. The van der Waals surface area contributed by atoms with Gasteiger partial charge in [-0.05, 0) is 24.3 Å². The summed E-state index contributed by atoms with van der Waals surface area (Å²) in [4.78, 5) is 36.2. The number of carbonyl (C=O) groups excluding carboxylic acids is 1. The Bertz CT molecular complexity index is 976. The number of hydrogen-bond acceptors (Lipinski definition) is 4. The molecule has 0 unspecified atom stereocenters. The van der Waals surface area contributed by atoms with E-state index in [0.29, 0.717) is 36.4 Å². The van der Waals surface area contributed by atoms with E-state index in [1.165, 1.54) is 0 Å². The lowest BCUT2D eigenvalue weighted by molar-refractivity contribution is 0.0625. The molecule has 0 spiro atoms. The first-order chi connectivity index (χ1) is 12.7. The number of fused-ring (bicyclic) bond motifs is 1. The van der Waals surface area contributed by atoms with E-state index in [2.05, 4.69) is 14.9 Å². The van der Waals surface area contributed by atoms with Crippen LogP contribution < -0.4 is 5.56 Å². The van der Waals surface area contributed by atoms with E-state index in [0.717, 1.165) is 18.7 Å². The summed E-state index contributed by atoms with van der Waals surface area (Å²) in [7, 11) is 0. The van der Waals surface area contributed by atoms with E-state index in [1.807, 2.05) is 53.4 Å². The third kappa shape index (κ3) is 3.36. The number of carbonyl (C=O) groups is 1. The smallest absolute Gasteiger partial charge is 0.258 e. The molecule has 1 fully saturated rings. The highest BCUT2D eigenvalue weighted by atomic mass is 16.2. The van der Waals surface area contributed by atoms with Crippen LogP contribution in [0.2, 0.25) is 0 Å². The molecule has 0 aliphatic carbocycles. The van der Waals surface area contributed by atoms with Gasteiger partial charge >= 0.3 is 0 Å². The van der Waals surface area contributed by atoms with Crippen molar-refractivity contribution in [3.63, 3.8) is 0 Å². The van der Waals surface area contributed by atoms with Crippen molar-refractivity contribution in [3.05, 3.63) is 76.3 Å². The van der Waals surface area contributed by atoms with Crippen LogP contribution in [0.1, 0.15) is 16.2 Å². The lowest BCUT2D eigenvalue weighted by Gasteiger charge is -2.34. The minimum atomic E-state index is -0.108. The lowest BCUT2D eigenvalue weighted by atomic mass is 10.2. The van der Waals surface area contributed by atoms with Crippen LogP contribution in [0.5, 0.6) is 0 Å². The summed E-state index contributed by atoms with van der Waals surface area (Å²) in [5, 5.41) is 0.606. The van der Waals surface area contributed by atoms with Gasteiger partial charge in [0.05, 0.1) is 17.4 Å². The molecular weight excluding hydrogens is 328 g/mol. The van der Waals surface area contributed by atoms with Crippen LogP contribution in [0, 0.1) is 0 Å². The first-order valence-corrected chi connectivity index (χ1v) is 8.75. The quantitative estimate of drug-likeness (QED) is 0.785. The van der Waals surface area contributed by atoms with Crippen LogP contribution in [0.4, 0.5) is 0 Å². The predicted molar refractivity (Wildman–Crippen MR) is 100.0 cm³/mol. The number of benzene rings is 2. The number of hydrogen-bond donors (Lipinski definition) is 1.